The second kappa shape index (κ2) is 16.0. The van der Waals surface area contributed by atoms with Crippen LogP contribution in [0.25, 0.3) is 10.9 Å². The zero-order valence-electron chi connectivity index (χ0n) is 24.6. The molecule has 0 bridgehead atoms. The molecule has 1 aromatic heterocycles. The average Bonchev–Trinajstić information content (AvgIpc) is 3.40. The molecule has 8 N–H and O–H groups in total. The number of benzene rings is 2. The van der Waals surface area contributed by atoms with Gasteiger partial charge in [0.15, 0.2) is 0 Å². The second-order valence-corrected chi connectivity index (χ2v) is 11.6. The molecule has 0 aliphatic heterocycles. The summed E-state index contributed by atoms with van der Waals surface area (Å²) in [4.78, 5) is 55.5. The fourth-order valence-electron chi connectivity index (χ4n) is 4.67. The van der Waals surface area contributed by atoms with Gasteiger partial charge < -0.3 is 36.9 Å². The molecule has 5 atom stereocenters. The van der Waals surface area contributed by atoms with E-state index in [4.69, 9.17) is 5.73 Å². The third-order valence-electron chi connectivity index (χ3n) is 7.49. The molecule has 3 rings (SSSR count). The number of para-hydroxylation sites is 1. The number of hydrogen-bond donors (Lipinski definition) is 7. The van der Waals surface area contributed by atoms with Crippen molar-refractivity contribution in [2.24, 2.45) is 11.7 Å². The summed E-state index contributed by atoms with van der Waals surface area (Å²) in [5.41, 5.74) is 8.39. The topological polar surface area (TPSA) is 187 Å². The molecule has 1 heterocycles. The van der Waals surface area contributed by atoms with E-state index in [1.165, 1.54) is 12.1 Å². The highest BCUT2D eigenvalue weighted by atomic mass is 32.2. The first-order valence-electron chi connectivity index (χ1n) is 14.2. The van der Waals surface area contributed by atoms with E-state index in [1.807, 2.05) is 37.4 Å². The maximum absolute atomic E-state index is 13.8. The fraction of sp³-hybridized carbons (Fsp3) is 0.419. The second-order valence-electron chi connectivity index (χ2n) is 10.7. The number of nitrogens with one attached hydrogen (secondary N) is 4. The summed E-state index contributed by atoms with van der Waals surface area (Å²) in [6.07, 6.45) is 4.76. The van der Waals surface area contributed by atoms with Crippen LogP contribution in [0.5, 0.6) is 5.75 Å². The van der Waals surface area contributed by atoms with Crippen molar-refractivity contribution < 1.29 is 29.4 Å². The number of thioether (sulfide) groups is 1. The number of amides is 3. The Balaban J connectivity index is 1.90. The molecule has 43 heavy (non-hydrogen) atoms. The van der Waals surface area contributed by atoms with Gasteiger partial charge in [-0.05, 0) is 53.7 Å². The van der Waals surface area contributed by atoms with Gasteiger partial charge in [0, 0.05) is 29.9 Å². The first-order chi connectivity index (χ1) is 20.5. The lowest BCUT2D eigenvalue weighted by Gasteiger charge is -2.27. The summed E-state index contributed by atoms with van der Waals surface area (Å²) in [6, 6.07) is 9.48. The highest BCUT2D eigenvalue weighted by Gasteiger charge is 2.32. The summed E-state index contributed by atoms with van der Waals surface area (Å²) in [7, 11) is 0. The Morgan fingerprint density at radius 3 is 2.21 bits per heavy atom. The number of phenols is 1. The number of aliphatic carboxylic acids is 1. The maximum atomic E-state index is 13.8. The normalized spacial score (nSPS) is 14.7. The number of carbonyl (C=O) groups excluding carboxylic acids is 3. The molecule has 11 nitrogen and oxygen atoms in total. The predicted molar refractivity (Wildman–Crippen MR) is 168 cm³/mol. The Morgan fingerprint density at radius 2 is 1.56 bits per heavy atom. The van der Waals surface area contributed by atoms with Crippen molar-refractivity contribution in [2.75, 3.05) is 12.0 Å². The zero-order chi connectivity index (χ0) is 31.5. The SMILES string of the molecule is CCC(C)C(NC(=O)C(Cc1ccc(O)cc1)NC(=O)C(Cc1c[nH]c2ccccc12)NC(=O)C(N)CCSC)C(=O)O. The molecular weight excluding hydrogens is 570 g/mol. The summed E-state index contributed by atoms with van der Waals surface area (Å²) in [5, 5.41) is 28.4. The standard InChI is InChI=1S/C31H41N5O6S/c1-4-18(2)27(31(41)42)36-30(40)25(15-19-9-11-21(37)12-10-19)35-29(39)26(34-28(38)23(32)13-14-43-3)16-20-17-33-24-8-6-5-7-22(20)24/h5-12,17-18,23,25-27,33,37H,4,13-16,32H2,1-3H3,(H,34,38)(H,35,39)(H,36,40)(H,41,42). The number of nitrogens with two attached hydrogens (primary N) is 1. The third-order valence-corrected chi connectivity index (χ3v) is 8.13. The molecule has 5 unspecified atom stereocenters. The van der Waals surface area contributed by atoms with Crippen molar-refractivity contribution in [2.45, 2.75) is 63.7 Å². The average molecular weight is 612 g/mol. The van der Waals surface area contributed by atoms with Crippen LogP contribution >= 0.6 is 11.8 Å². The van der Waals surface area contributed by atoms with Crippen LogP contribution in [0.3, 0.4) is 0 Å². The van der Waals surface area contributed by atoms with Crippen molar-refractivity contribution in [3.63, 3.8) is 0 Å². The van der Waals surface area contributed by atoms with Crippen LogP contribution in [0.2, 0.25) is 0 Å². The molecule has 3 aromatic rings. The molecule has 0 saturated carbocycles. The van der Waals surface area contributed by atoms with Crippen molar-refractivity contribution in [1.29, 1.82) is 0 Å². The van der Waals surface area contributed by atoms with E-state index in [-0.39, 0.29) is 24.5 Å². The van der Waals surface area contributed by atoms with Crippen LogP contribution in [0.4, 0.5) is 0 Å². The molecule has 0 radical (unpaired) electrons. The van der Waals surface area contributed by atoms with Crippen LogP contribution in [0.15, 0.2) is 54.7 Å². The lowest BCUT2D eigenvalue weighted by atomic mass is 9.97. The van der Waals surface area contributed by atoms with E-state index >= 15 is 0 Å². The number of aromatic amines is 1. The van der Waals surface area contributed by atoms with Gasteiger partial charge in [-0.1, -0.05) is 50.6 Å². The van der Waals surface area contributed by atoms with E-state index in [0.717, 1.165) is 16.5 Å². The zero-order valence-corrected chi connectivity index (χ0v) is 25.4. The number of H-pyrrole nitrogens is 1. The summed E-state index contributed by atoms with van der Waals surface area (Å²) >= 11 is 1.56. The maximum Gasteiger partial charge on any atom is 0.326 e. The molecule has 2 aromatic carbocycles. The van der Waals surface area contributed by atoms with Gasteiger partial charge in [-0.3, -0.25) is 14.4 Å². The number of carboxylic acids is 1. The smallest absolute Gasteiger partial charge is 0.326 e. The van der Waals surface area contributed by atoms with Gasteiger partial charge in [-0.25, -0.2) is 4.79 Å². The Kier molecular flexibility index (Phi) is 12.4. The van der Waals surface area contributed by atoms with Crippen LogP contribution in [0.1, 0.15) is 37.8 Å². The quantitative estimate of drug-likeness (QED) is 0.129. The van der Waals surface area contributed by atoms with Crippen LogP contribution in [-0.2, 0) is 32.0 Å². The Bertz CT molecular complexity index is 1390. The van der Waals surface area contributed by atoms with Crippen LogP contribution in [0, 0.1) is 5.92 Å². The van der Waals surface area contributed by atoms with Gasteiger partial charge in [-0.2, -0.15) is 11.8 Å². The number of aromatic hydroxyl groups is 1. The monoisotopic (exact) mass is 611 g/mol. The lowest BCUT2D eigenvalue weighted by molar-refractivity contribution is -0.143. The fourth-order valence-corrected chi connectivity index (χ4v) is 5.16. The number of fused-ring (bicyclic) bond motifs is 1. The molecule has 0 saturated heterocycles. The number of hydrogen-bond acceptors (Lipinski definition) is 7. The van der Waals surface area contributed by atoms with Crippen molar-refractivity contribution in [1.82, 2.24) is 20.9 Å². The van der Waals surface area contributed by atoms with Gasteiger partial charge in [0.2, 0.25) is 17.7 Å². The molecule has 0 aliphatic rings. The Labute approximate surface area is 255 Å². The summed E-state index contributed by atoms with van der Waals surface area (Å²) < 4.78 is 0. The molecular formula is C31H41N5O6S. The summed E-state index contributed by atoms with van der Waals surface area (Å²) in [6.45, 7) is 3.55. The minimum Gasteiger partial charge on any atom is -0.508 e. The number of carboxylic acid groups (broad SMARTS) is 1. The van der Waals surface area contributed by atoms with Crippen molar-refractivity contribution in [3.8, 4) is 5.75 Å². The van der Waals surface area contributed by atoms with E-state index in [0.29, 0.717) is 24.2 Å². The van der Waals surface area contributed by atoms with E-state index < -0.39 is 47.9 Å². The molecule has 0 aliphatic carbocycles. The number of carbonyl (C=O) groups is 4. The highest BCUT2D eigenvalue weighted by molar-refractivity contribution is 7.98. The van der Waals surface area contributed by atoms with Gasteiger partial charge in [0.1, 0.15) is 23.9 Å². The van der Waals surface area contributed by atoms with E-state index in [9.17, 15) is 29.4 Å². The van der Waals surface area contributed by atoms with Gasteiger partial charge in [0.25, 0.3) is 0 Å². The van der Waals surface area contributed by atoms with Gasteiger partial charge >= 0.3 is 5.97 Å². The Morgan fingerprint density at radius 1 is 0.930 bits per heavy atom. The Hall–Kier alpha value is -4.03. The molecule has 0 fully saturated rings. The van der Waals surface area contributed by atoms with Crippen molar-refractivity contribution >= 4 is 46.4 Å². The molecule has 3 amide bonds. The molecule has 232 valence electrons. The minimum absolute atomic E-state index is 0.0195. The lowest BCUT2D eigenvalue weighted by Crippen LogP contribution is -2.58. The van der Waals surface area contributed by atoms with Gasteiger partial charge in [-0.15, -0.1) is 0 Å². The van der Waals surface area contributed by atoms with E-state index in [2.05, 4.69) is 20.9 Å². The van der Waals surface area contributed by atoms with Crippen molar-refractivity contribution in [3.05, 3.63) is 65.9 Å². The largest absolute Gasteiger partial charge is 0.508 e. The van der Waals surface area contributed by atoms with Gasteiger partial charge in [0.05, 0.1) is 6.04 Å². The van der Waals surface area contributed by atoms with Crippen LogP contribution < -0.4 is 21.7 Å². The first kappa shape index (κ1) is 33.5. The van der Waals surface area contributed by atoms with Crippen LogP contribution in [-0.4, -0.2) is 75.1 Å². The molecule has 12 heteroatoms. The minimum atomic E-state index is -1.18. The molecule has 0 spiro atoms. The number of rotatable bonds is 16. The van der Waals surface area contributed by atoms with E-state index in [1.54, 1.807) is 37.0 Å². The first-order valence-corrected chi connectivity index (χ1v) is 15.6. The number of aromatic nitrogens is 1. The third kappa shape index (κ3) is 9.48. The number of phenolic OH excluding ortho intramolecular Hbond substituents is 1. The highest BCUT2D eigenvalue weighted by Crippen LogP contribution is 2.20. The predicted octanol–water partition coefficient (Wildman–Crippen LogP) is 2.32. The summed E-state index contributed by atoms with van der Waals surface area (Å²) in [5.74, 6) is -2.62.